The zero-order valence-electron chi connectivity index (χ0n) is 13.3. The Morgan fingerprint density at radius 1 is 0.739 bits per heavy atom. The molecule has 0 bridgehead atoms. The van der Waals surface area contributed by atoms with Crippen molar-refractivity contribution in [2.75, 3.05) is 12.3 Å². The van der Waals surface area contributed by atoms with Crippen LogP contribution in [0.3, 0.4) is 0 Å². The van der Waals surface area contributed by atoms with E-state index in [1.165, 1.54) is 11.1 Å². The molecule has 0 fully saturated rings. The maximum atomic E-state index is 6.08. The van der Waals surface area contributed by atoms with Gasteiger partial charge in [-0.25, -0.2) is 0 Å². The Balaban J connectivity index is 1.91. The normalized spacial score (nSPS) is 11.2. The maximum Gasteiger partial charge on any atom is 0.119 e. The van der Waals surface area contributed by atoms with E-state index in [2.05, 4.69) is 55.5 Å². The summed E-state index contributed by atoms with van der Waals surface area (Å²) in [7, 11) is 0. The Hall–Kier alpha value is -2.74. The van der Waals surface area contributed by atoms with E-state index in [1.807, 2.05) is 36.4 Å². The lowest BCUT2D eigenvalue weighted by Crippen LogP contribution is -2.31. The van der Waals surface area contributed by atoms with Crippen LogP contribution in [0.5, 0.6) is 5.75 Å². The smallest absolute Gasteiger partial charge is 0.119 e. The molecule has 0 unspecified atom stereocenters. The molecular weight excluding hydrogens is 282 g/mol. The molecule has 0 heterocycles. The first-order chi connectivity index (χ1) is 11.2. The van der Waals surface area contributed by atoms with Gasteiger partial charge in [0, 0.05) is 5.69 Å². The molecule has 2 N–H and O–H groups in total. The molecule has 23 heavy (non-hydrogen) atoms. The first-order valence-electron chi connectivity index (χ1n) is 7.78. The van der Waals surface area contributed by atoms with Gasteiger partial charge in [0.05, 0.1) is 5.41 Å². The molecule has 2 nitrogen and oxygen atoms in total. The van der Waals surface area contributed by atoms with E-state index in [1.54, 1.807) is 0 Å². The number of rotatable bonds is 5. The van der Waals surface area contributed by atoms with Crippen LogP contribution in [0.4, 0.5) is 5.69 Å². The zero-order valence-corrected chi connectivity index (χ0v) is 13.3. The molecule has 0 saturated heterocycles. The molecule has 3 aromatic carbocycles. The molecule has 0 aliphatic heterocycles. The van der Waals surface area contributed by atoms with Crippen molar-refractivity contribution < 1.29 is 4.74 Å². The number of nitrogens with two attached hydrogens (primary N) is 1. The van der Waals surface area contributed by atoms with Crippen molar-refractivity contribution in [1.82, 2.24) is 0 Å². The lowest BCUT2D eigenvalue weighted by atomic mass is 9.77. The first-order valence-corrected chi connectivity index (χ1v) is 7.78. The van der Waals surface area contributed by atoms with Gasteiger partial charge in [-0.15, -0.1) is 0 Å². The molecule has 3 aromatic rings. The monoisotopic (exact) mass is 303 g/mol. The number of anilines is 1. The van der Waals surface area contributed by atoms with Crippen molar-refractivity contribution in [3.63, 3.8) is 0 Å². The highest BCUT2D eigenvalue weighted by Gasteiger charge is 2.29. The number of benzene rings is 3. The summed E-state index contributed by atoms with van der Waals surface area (Å²) in [6.07, 6.45) is 0. The molecular formula is C21H21NO. The van der Waals surface area contributed by atoms with Crippen LogP contribution in [0.15, 0.2) is 84.9 Å². The summed E-state index contributed by atoms with van der Waals surface area (Å²) in [5.41, 5.74) is 8.73. The van der Waals surface area contributed by atoms with Crippen molar-refractivity contribution in [1.29, 1.82) is 0 Å². The van der Waals surface area contributed by atoms with Crippen molar-refractivity contribution in [3.8, 4) is 5.75 Å². The standard InChI is InChI=1S/C21H21NO/c1-21(17-8-4-2-5-9-17,18-10-6-3-7-11-18)16-23-20-14-12-19(22)13-15-20/h2-15H,16,22H2,1H3. The average Bonchev–Trinajstić information content (AvgIpc) is 2.62. The van der Waals surface area contributed by atoms with Gasteiger partial charge in [0.1, 0.15) is 12.4 Å². The molecule has 0 aromatic heterocycles. The second-order valence-electron chi connectivity index (χ2n) is 5.92. The molecule has 2 heteroatoms. The summed E-state index contributed by atoms with van der Waals surface area (Å²) in [6, 6.07) is 28.5. The summed E-state index contributed by atoms with van der Waals surface area (Å²) in [4.78, 5) is 0. The highest BCUT2D eigenvalue weighted by Crippen LogP contribution is 2.32. The quantitative estimate of drug-likeness (QED) is 0.696. The van der Waals surface area contributed by atoms with Crippen molar-refractivity contribution in [2.45, 2.75) is 12.3 Å². The maximum absolute atomic E-state index is 6.08. The molecule has 0 aliphatic carbocycles. The predicted molar refractivity (Wildman–Crippen MR) is 95.7 cm³/mol. The SMILES string of the molecule is CC(COc1ccc(N)cc1)(c1ccccc1)c1ccccc1. The third-order valence-corrected chi connectivity index (χ3v) is 4.23. The Kier molecular flexibility index (Phi) is 4.33. The summed E-state index contributed by atoms with van der Waals surface area (Å²) in [6.45, 7) is 2.78. The topological polar surface area (TPSA) is 35.2 Å². The van der Waals surface area contributed by atoms with Gasteiger partial charge in [0.25, 0.3) is 0 Å². The Morgan fingerprint density at radius 3 is 1.70 bits per heavy atom. The predicted octanol–water partition coefficient (Wildman–Crippen LogP) is 4.65. The molecule has 0 aliphatic rings. The van der Waals surface area contributed by atoms with Crippen LogP contribution < -0.4 is 10.5 Å². The number of ether oxygens (including phenoxy) is 1. The van der Waals surface area contributed by atoms with Crippen molar-refractivity contribution in [3.05, 3.63) is 96.1 Å². The lowest BCUT2D eigenvalue weighted by Gasteiger charge is -2.31. The Labute approximate surface area is 137 Å². The van der Waals surface area contributed by atoms with Gasteiger partial charge in [-0.1, -0.05) is 60.7 Å². The fraction of sp³-hybridized carbons (Fsp3) is 0.143. The lowest BCUT2D eigenvalue weighted by molar-refractivity contribution is 0.254. The van der Waals surface area contributed by atoms with E-state index in [-0.39, 0.29) is 5.41 Å². The minimum Gasteiger partial charge on any atom is -0.492 e. The third kappa shape index (κ3) is 3.37. The highest BCUT2D eigenvalue weighted by molar-refractivity contribution is 5.42. The van der Waals surface area contributed by atoms with Gasteiger partial charge >= 0.3 is 0 Å². The van der Waals surface area contributed by atoms with Crippen molar-refractivity contribution >= 4 is 5.69 Å². The minimum absolute atomic E-state index is 0.218. The van der Waals surface area contributed by atoms with E-state index in [4.69, 9.17) is 10.5 Å². The fourth-order valence-corrected chi connectivity index (χ4v) is 2.74. The van der Waals surface area contributed by atoms with E-state index < -0.39 is 0 Å². The van der Waals surface area contributed by atoms with Gasteiger partial charge < -0.3 is 10.5 Å². The van der Waals surface area contributed by atoms with Gasteiger partial charge in [-0.2, -0.15) is 0 Å². The van der Waals surface area contributed by atoms with Crippen LogP contribution in [0.1, 0.15) is 18.1 Å². The number of hydrogen-bond donors (Lipinski definition) is 1. The van der Waals surface area contributed by atoms with E-state index >= 15 is 0 Å². The molecule has 0 atom stereocenters. The van der Waals surface area contributed by atoms with Crippen LogP contribution in [-0.4, -0.2) is 6.61 Å². The van der Waals surface area contributed by atoms with E-state index in [9.17, 15) is 0 Å². The van der Waals surface area contributed by atoms with Gasteiger partial charge in [0.15, 0.2) is 0 Å². The van der Waals surface area contributed by atoms with Crippen LogP contribution in [0.2, 0.25) is 0 Å². The van der Waals surface area contributed by atoms with Crippen LogP contribution in [0.25, 0.3) is 0 Å². The summed E-state index contributed by atoms with van der Waals surface area (Å²) < 4.78 is 6.08. The highest BCUT2D eigenvalue weighted by atomic mass is 16.5. The Morgan fingerprint density at radius 2 is 1.22 bits per heavy atom. The van der Waals surface area contributed by atoms with Gasteiger partial charge in [-0.3, -0.25) is 0 Å². The van der Waals surface area contributed by atoms with Crippen LogP contribution in [0, 0.1) is 0 Å². The molecule has 0 amide bonds. The van der Waals surface area contributed by atoms with E-state index in [0.29, 0.717) is 6.61 Å². The minimum atomic E-state index is -0.218. The number of nitrogen functional groups attached to an aromatic ring is 1. The summed E-state index contributed by atoms with van der Waals surface area (Å²) in [5, 5.41) is 0. The second-order valence-corrected chi connectivity index (χ2v) is 5.92. The van der Waals surface area contributed by atoms with Gasteiger partial charge in [0.2, 0.25) is 0 Å². The Bertz CT molecular complexity index is 696. The molecule has 3 rings (SSSR count). The first kappa shape index (κ1) is 15.2. The van der Waals surface area contributed by atoms with Gasteiger partial charge in [-0.05, 0) is 42.3 Å². The van der Waals surface area contributed by atoms with Crippen LogP contribution in [-0.2, 0) is 5.41 Å². The average molecular weight is 303 g/mol. The van der Waals surface area contributed by atoms with E-state index in [0.717, 1.165) is 11.4 Å². The number of hydrogen-bond acceptors (Lipinski definition) is 2. The molecule has 0 spiro atoms. The molecule has 116 valence electrons. The summed E-state index contributed by atoms with van der Waals surface area (Å²) >= 11 is 0. The second kappa shape index (κ2) is 6.57. The largest absolute Gasteiger partial charge is 0.492 e. The third-order valence-electron chi connectivity index (χ3n) is 4.23. The van der Waals surface area contributed by atoms with Crippen molar-refractivity contribution in [2.24, 2.45) is 0 Å². The molecule has 0 saturated carbocycles. The van der Waals surface area contributed by atoms with Crippen LogP contribution >= 0.6 is 0 Å². The zero-order chi connectivity index (χ0) is 16.1. The fourth-order valence-electron chi connectivity index (χ4n) is 2.74. The summed E-state index contributed by atoms with van der Waals surface area (Å²) in [5.74, 6) is 0.831. The molecule has 0 radical (unpaired) electrons.